The third-order valence-electron chi connectivity index (χ3n) is 1.69. The van der Waals surface area contributed by atoms with Gasteiger partial charge >= 0.3 is 5.97 Å². The number of halogens is 3. The van der Waals surface area contributed by atoms with Gasteiger partial charge in [-0.1, -0.05) is 15.9 Å². The summed E-state index contributed by atoms with van der Waals surface area (Å²) in [5.41, 5.74) is 5.33. The number of benzene rings is 1. The summed E-state index contributed by atoms with van der Waals surface area (Å²) >= 11 is 9.94. The quantitative estimate of drug-likeness (QED) is 0.790. The van der Waals surface area contributed by atoms with Crippen molar-refractivity contribution in [2.45, 2.75) is 6.04 Å². The fourth-order valence-electron chi connectivity index (χ4n) is 0.911. The van der Waals surface area contributed by atoms with Crippen molar-refractivity contribution in [3.8, 4) is 5.75 Å². The van der Waals surface area contributed by atoms with Gasteiger partial charge in [-0.05, 0) is 44.0 Å². The zero-order valence-electron chi connectivity index (χ0n) is 7.91. The second-order valence-corrected chi connectivity index (χ2v) is 5.58. The van der Waals surface area contributed by atoms with Crippen LogP contribution in [0.3, 0.4) is 0 Å². The monoisotopic (exact) mass is 415 g/mol. The molecule has 1 rings (SSSR count). The molecule has 1 aromatic rings. The number of carboxylic acid groups (broad SMARTS) is 1. The van der Waals surface area contributed by atoms with Gasteiger partial charge in [-0.15, -0.1) is 0 Å². The highest BCUT2D eigenvalue weighted by atomic mass is 79.9. The number of carboxylic acids is 1. The van der Waals surface area contributed by atoms with Crippen LogP contribution in [0, 0.1) is 0 Å². The van der Waals surface area contributed by atoms with Crippen molar-refractivity contribution in [1.82, 2.24) is 0 Å². The fraction of sp³-hybridized carbons (Fsp3) is 0.222. The minimum Gasteiger partial charge on any atom is -0.489 e. The van der Waals surface area contributed by atoms with E-state index < -0.39 is 12.0 Å². The lowest BCUT2D eigenvalue weighted by Gasteiger charge is -2.12. The van der Waals surface area contributed by atoms with Crippen LogP contribution in [-0.4, -0.2) is 23.7 Å². The molecule has 0 saturated carbocycles. The van der Waals surface area contributed by atoms with Gasteiger partial charge in [-0.2, -0.15) is 0 Å². The van der Waals surface area contributed by atoms with Crippen LogP contribution in [-0.2, 0) is 4.79 Å². The Bertz CT molecular complexity index is 388. The molecule has 0 fully saturated rings. The van der Waals surface area contributed by atoms with Crippen molar-refractivity contribution in [2.75, 3.05) is 6.61 Å². The summed E-state index contributed by atoms with van der Waals surface area (Å²) < 4.78 is 7.63. The van der Waals surface area contributed by atoms with Gasteiger partial charge in [0.1, 0.15) is 18.4 Å². The molecular formula is C9H8Br3NO3. The molecule has 4 nitrogen and oxygen atoms in total. The smallest absolute Gasteiger partial charge is 0.324 e. The average Bonchev–Trinajstić information content (AvgIpc) is 2.15. The Labute approximate surface area is 118 Å². The largest absolute Gasteiger partial charge is 0.489 e. The van der Waals surface area contributed by atoms with Gasteiger partial charge in [-0.25, -0.2) is 0 Å². The standard InChI is InChI=1S/C9H8Br3NO3/c10-4-1-5(11)8(6(12)2-4)16-3-7(13)9(14)15/h1-2,7H,3,13H2,(H,14,15)/t7-/m0/s1. The molecule has 0 radical (unpaired) electrons. The Morgan fingerprint density at radius 2 is 1.88 bits per heavy atom. The van der Waals surface area contributed by atoms with Crippen molar-refractivity contribution >= 4 is 53.8 Å². The predicted octanol–water partition coefficient (Wildman–Crippen LogP) is 2.76. The molecule has 0 aliphatic carbocycles. The fourth-order valence-corrected chi connectivity index (χ4v) is 3.40. The number of carbonyl (C=O) groups is 1. The first-order valence-corrected chi connectivity index (χ1v) is 6.55. The number of hydrogen-bond acceptors (Lipinski definition) is 3. The lowest BCUT2D eigenvalue weighted by atomic mass is 10.3. The van der Waals surface area contributed by atoms with Gasteiger partial charge in [0.2, 0.25) is 0 Å². The van der Waals surface area contributed by atoms with E-state index >= 15 is 0 Å². The minimum atomic E-state index is -1.09. The van der Waals surface area contributed by atoms with E-state index in [0.29, 0.717) is 14.7 Å². The molecule has 1 atom stereocenters. The van der Waals surface area contributed by atoms with Crippen LogP contribution < -0.4 is 10.5 Å². The molecule has 7 heteroatoms. The second-order valence-electron chi connectivity index (χ2n) is 2.95. The van der Waals surface area contributed by atoms with Gasteiger partial charge in [-0.3, -0.25) is 4.79 Å². The highest BCUT2D eigenvalue weighted by molar-refractivity contribution is 9.11. The lowest BCUT2D eigenvalue weighted by Crippen LogP contribution is -2.36. The van der Waals surface area contributed by atoms with E-state index in [4.69, 9.17) is 15.6 Å². The number of aliphatic carboxylic acids is 1. The topological polar surface area (TPSA) is 72.5 Å². The molecule has 0 spiro atoms. The molecule has 0 heterocycles. The third kappa shape index (κ3) is 3.73. The van der Waals surface area contributed by atoms with E-state index in [2.05, 4.69) is 47.8 Å². The Balaban J connectivity index is 2.78. The zero-order valence-corrected chi connectivity index (χ0v) is 12.7. The zero-order chi connectivity index (χ0) is 12.3. The van der Waals surface area contributed by atoms with Crippen LogP contribution in [0.25, 0.3) is 0 Å². The molecular weight excluding hydrogens is 410 g/mol. The molecule has 0 unspecified atom stereocenters. The Morgan fingerprint density at radius 1 is 1.38 bits per heavy atom. The van der Waals surface area contributed by atoms with Crippen LogP contribution >= 0.6 is 47.8 Å². The van der Waals surface area contributed by atoms with Crippen LogP contribution in [0.2, 0.25) is 0 Å². The maximum Gasteiger partial charge on any atom is 0.324 e. The van der Waals surface area contributed by atoms with Gasteiger partial charge in [0, 0.05) is 4.47 Å². The van der Waals surface area contributed by atoms with E-state index in [1.165, 1.54) is 0 Å². The summed E-state index contributed by atoms with van der Waals surface area (Å²) in [6.45, 7) is -0.0891. The van der Waals surface area contributed by atoms with Crippen molar-refractivity contribution in [3.05, 3.63) is 25.6 Å². The lowest BCUT2D eigenvalue weighted by molar-refractivity contribution is -0.139. The normalized spacial score (nSPS) is 12.2. The summed E-state index contributed by atoms with van der Waals surface area (Å²) in [5, 5.41) is 8.61. The highest BCUT2D eigenvalue weighted by Gasteiger charge is 2.15. The van der Waals surface area contributed by atoms with Crippen LogP contribution in [0.4, 0.5) is 0 Å². The van der Waals surface area contributed by atoms with Crippen molar-refractivity contribution in [2.24, 2.45) is 5.73 Å². The Kier molecular flexibility index (Phi) is 5.23. The summed E-state index contributed by atoms with van der Waals surface area (Å²) in [6, 6.07) is 2.56. The number of ether oxygens (including phenoxy) is 1. The van der Waals surface area contributed by atoms with Gasteiger partial charge in [0.15, 0.2) is 0 Å². The molecule has 0 aliphatic rings. The molecule has 88 valence electrons. The first-order chi connectivity index (χ1) is 7.41. The minimum absolute atomic E-state index is 0.0891. The number of hydrogen-bond donors (Lipinski definition) is 2. The Hall–Kier alpha value is -0.110. The van der Waals surface area contributed by atoms with E-state index in [9.17, 15) is 4.79 Å². The molecule has 0 amide bonds. The van der Waals surface area contributed by atoms with E-state index in [1.54, 1.807) is 12.1 Å². The molecule has 1 aromatic carbocycles. The number of nitrogens with two attached hydrogens (primary N) is 1. The van der Waals surface area contributed by atoms with Crippen LogP contribution in [0.1, 0.15) is 0 Å². The maximum absolute atomic E-state index is 10.5. The molecule has 0 bridgehead atoms. The van der Waals surface area contributed by atoms with E-state index in [-0.39, 0.29) is 6.61 Å². The summed E-state index contributed by atoms with van der Waals surface area (Å²) in [4.78, 5) is 10.5. The molecule has 0 saturated heterocycles. The molecule has 0 aliphatic heterocycles. The van der Waals surface area contributed by atoms with E-state index in [1.807, 2.05) is 0 Å². The number of rotatable bonds is 4. The van der Waals surface area contributed by atoms with Gasteiger partial charge in [0.05, 0.1) is 8.95 Å². The van der Waals surface area contributed by atoms with Crippen molar-refractivity contribution < 1.29 is 14.6 Å². The first-order valence-electron chi connectivity index (χ1n) is 4.17. The van der Waals surface area contributed by atoms with Crippen molar-refractivity contribution in [1.29, 1.82) is 0 Å². The Morgan fingerprint density at radius 3 is 2.31 bits per heavy atom. The second kappa shape index (κ2) is 6.00. The summed E-state index contributed by atoms with van der Waals surface area (Å²) in [5.74, 6) is -0.566. The SMILES string of the molecule is N[C@@H](COc1c(Br)cc(Br)cc1Br)C(=O)O. The molecule has 3 N–H and O–H groups in total. The maximum atomic E-state index is 10.5. The highest BCUT2D eigenvalue weighted by Crippen LogP contribution is 2.36. The summed E-state index contributed by atoms with van der Waals surface area (Å²) in [6.07, 6.45) is 0. The predicted molar refractivity (Wildman–Crippen MR) is 70.6 cm³/mol. The van der Waals surface area contributed by atoms with Gasteiger partial charge < -0.3 is 15.6 Å². The van der Waals surface area contributed by atoms with Crippen LogP contribution in [0.15, 0.2) is 25.6 Å². The van der Waals surface area contributed by atoms with Crippen LogP contribution in [0.5, 0.6) is 5.75 Å². The van der Waals surface area contributed by atoms with Crippen molar-refractivity contribution in [3.63, 3.8) is 0 Å². The molecule has 16 heavy (non-hydrogen) atoms. The van der Waals surface area contributed by atoms with Gasteiger partial charge in [0.25, 0.3) is 0 Å². The average molecular weight is 418 g/mol. The van der Waals surface area contributed by atoms with E-state index in [0.717, 1.165) is 4.47 Å². The summed E-state index contributed by atoms with van der Waals surface area (Å²) in [7, 11) is 0. The first kappa shape index (κ1) is 14.0. The third-order valence-corrected chi connectivity index (χ3v) is 3.32. The molecule has 0 aromatic heterocycles.